The molecule has 0 saturated heterocycles. The van der Waals surface area contributed by atoms with E-state index in [0.29, 0.717) is 5.02 Å². The molecule has 0 bridgehead atoms. The second-order valence-corrected chi connectivity index (χ2v) is 45.5. The number of halogens is 1. The van der Waals surface area contributed by atoms with Crippen molar-refractivity contribution in [2.24, 2.45) is 0 Å². The summed E-state index contributed by atoms with van der Waals surface area (Å²) in [5.74, 6) is 3.29. The van der Waals surface area contributed by atoms with E-state index in [4.69, 9.17) is 21.6 Å². The third-order valence-electron chi connectivity index (χ3n) is 26.9. The molecule has 2 aromatic heterocycles. The maximum Gasteiger partial charge on any atom is 0.254 e. The Morgan fingerprint density at radius 2 is 0.537 bits per heavy atom. The molecule has 0 saturated carbocycles. The molecule has 10 heteroatoms. The normalized spacial score (nSPS) is 12.8. The Hall–Kier alpha value is -13.5. The van der Waals surface area contributed by atoms with Crippen LogP contribution in [0.15, 0.2) is 364 Å². The number of para-hydroxylation sites is 2. The molecule has 686 valence electrons. The Morgan fingerprint density at radius 1 is 0.228 bits per heavy atom. The molecule has 0 N–H and O–H groups in total. The average Bonchev–Trinajstić information content (AvgIpc) is 0.694. The smallest absolute Gasteiger partial charge is 0.254 e. The number of hydrogen-bond acceptors (Lipinski definition) is 8. The highest BCUT2D eigenvalue weighted by Crippen LogP contribution is 2.53. The summed E-state index contributed by atoms with van der Waals surface area (Å²) < 4.78 is 0. The number of aromatic nitrogens is 2. The third kappa shape index (κ3) is 19.3. The maximum absolute atomic E-state index is 7.87. The summed E-state index contributed by atoms with van der Waals surface area (Å²) in [5, 5.41) is 0.599. The van der Waals surface area contributed by atoms with Gasteiger partial charge >= 0.3 is 0 Å². The third-order valence-corrected chi connectivity index (χ3v) is 27.3. The zero-order valence-electron chi connectivity index (χ0n) is 84.2. The Kier molecular flexibility index (Phi) is 25.4. The predicted octanol–water partition coefficient (Wildman–Crippen LogP) is 34.5. The van der Waals surface area contributed by atoms with Crippen LogP contribution in [0, 0.1) is 0 Å². The average molecular weight is 1800 g/mol. The quantitative estimate of drug-likeness (QED) is 0.0887. The van der Waals surface area contributed by atoms with Gasteiger partial charge in [-0.25, -0.2) is 9.97 Å². The van der Waals surface area contributed by atoms with E-state index in [-0.39, 0.29) is 50.0 Å². The van der Waals surface area contributed by atoms with Crippen LogP contribution in [0.2, 0.25) is 5.02 Å². The molecule has 2 aliphatic heterocycles. The highest BCUT2D eigenvalue weighted by Gasteiger charge is 2.45. The lowest BCUT2D eigenvalue weighted by atomic mass is 9.33. The van der Waals surface area contributed by atoms with Gasteiger partial charge in [0.2, 0.25) is 0 Å². The van der Waals surface area contributed by atoms with E-state index in [2.05, 4.69) is 553 Å². The van der Waals surface area contributed by atoms with E-state index in [1.807, 2.05) is 6.07 Å². The molecule has 0 aliphatic carbocycles. The summed E-state index contributed by atoms with van der Waals surface area (Å²) in [6, 6.07) is 133. The summed E-state index contributed by atoms with van der Waals surface area (Å²) >= 11 is 7.87. The van der Waals surface area contributed by atoms with Crippen LogP contribution in [0.3, 0.4) is 0 Å². The number of hydrogen-bond donors (Lipinski definition) is 0. The van der Waals surface area contributed by atoms with Crippen molar-refractivity contribution in [1.29, 1.82) is 0 Å². The van der Waals surface area contributed by atoms with Crippen LogP contribution >= 0.6 is 11.6 Å². The van der Waals surface area contributed by atoms with Gasteiger partial charge in [-0.2, -0.15) is 0 Å². The summed E-state index contributed by atoms with van der Waals surface area (Å²) in [6.07, 6.45) is 0. The summed E-state index contributed by atoms with van der Waals surface area (Å²) in [4.78, 5) is 25.6. The molecule has 14 aromatic carbocycles. The van der Waals surface area contributed by atoms with Crippen LogP contribution in [-0.4, -0.2) is 16.7 Å². The van der Waals surface area contributed by atoms with E-state index in [0.717, 1.165) is 103 Å². The van der Waals surface area contributed by atoms with Crippen molar-refractivity contribution < 1.29 is 0 Å². The molecule has 0 radical (unpaired) electrons. The van der Waals surface area contributed by atoms with Crippen molar-refractivity contribution in [2.45, 2.75) is 209 Å². The zero-order chi connectivity index (χ0) is 96.5. The molecule has 2 aliphatic rings. The molecule has 0 fully saturated rings. The first-order chi connectivity index (χ1) is 64.4. The first-order valence-electron chi connectivity index (χ1n) is 48.3. The summed E-state index contributed by atoms with van der Waals surface area (Å²) in [5.41, 5.74) is 33.2. The fourth-order valence-electron chi connectivity index (χ4n) is 18.8. The molecule has 0 atom stereocenters. The van der Waals surface area contributed by atoms with Gasteiger partial charge in [0.15, 0.2) is 0 Å². The Balaban J connectivity index is 0.000000189. The molecule has 18 rings (SSSR count). The second-order valence-electron chi connectivity index (χ2n) is 45.1. The largest absolute Gasteiger partial charge is 0.311 e. The van der Waals surface area contributed by atoms with Gasteiger partial charge < -0.3 is 9.80 Å². The molecular formula is C126H132BClN8. The number of rotatable bonds is 16. The van der Waals surface area contributed by atoms with Gasteiger partial charge in [-0.1, -0.05) is 384 Å². The maximum atomic E-state index is 7.87. The lowest BCUT2D eigenvalue weighted by Gasteiger charge is -2.44. The number of pyridine rings is 2. The van der Waals surface area contributed by atoms with Gasteiger partial charge in [0, 0.05) is 68.0 Å². The number of nitrogens with zero attached hydrogens (tertiary/aromatic N) is 8. The first kappa shape index (κ1) is 94.3. The van der Waals surface area contributed by atoms with Crippen molar-refractivity contribution >= 4 is 138 Å². The fourth-order valence-corrected chi connectivity index (χ4v) is 19.1. The van der Waals surface area contributed by atoms with Crippen LogP contribution in [0.4, 0.5) is 103 Å². The van der Waals surface area contributed by atoms with Gasteiger partial charge in [0.1, 0.15) is 23.3 Å². The molecule has 8 nitrogen and oxygen atoms in total. The Morgan fingerprint density at radius 3 is 0.949 bits per heavy atom. The van der Waals surface area contributed by atoms with Crippen LogP contribution in [0.5, 0.6) is 0 Å². The highest BCUT2D eigenvalue weighted by atomic mass is 35.5. The molecule has 0 spiro atoms. The molecule has 4 heterocycles. The van der Waals surface area contributed by atoms with E-state index in [9.17, 15) is 0 Å². The summed E-state index contributed by atoms with van der Waals surface area (Å²) in [6.45, 7) is 54.5. The Bertz CT molecular complexity index is 6900. The minimum atomic E-state index is -0.0643. The molecular weight excluding hydrogens is 1670 g/mol. The lowest BCUT2D eigenvalue weighted by Crippen LogP contribution is -2.61. The minimum Gasteiger partial charge on any atom is -0.311 e. The van der Waals surface area contributed by atoms with Crippen molar-refractivity contribution in [3.63, 3.8) is 0 Å². The van der Waals surface area contributed by atoms with E-state index in [1.165, 1.54) is 83.4 Å². The van der Waals surface area contributed by atoms with Gasteiger partial charge in [0.25, 0.3) is 6.71 Å². The van der Waals surface area contributed by atoms with E-state index < -0.39 is 0 Å². The standard InChI is InChI=1S/C63H65BN4.C63H67ClN4/c1-60(2,3)43-26-32-48(33-27-43)66-54-38-31-46(63(10,11)12)41-52(54)64-51-36-39-57(65-59(51)68(47-22-17-14-18-23-47)56-25-19-24-55(66)58(56)64)67(49-34-28-44(29-35-49)61(4,5)6)53-37-30-45(62(7,8)9)40-50(53)42-20-15-13-16-21-42;1-60(2,3)45-29-36-50(37-30-45)66(51-38-31-46(32-39-51)61(4,5)6)55-25-19-26-56(59(55)64)68(49-23-17-14-18-24-49)58-28-20-27-57(65-58)67(52-40-33-47(34-41-52)62(7,8)9)54-42-35-48(63(10,11)12)43-53(54)44-21-15-13-16-22-44/h13-41H,1-12H3;13-43H,1-12H3. The number of fused-ring (bicyclic) bond motifs is 4. The minimum absolute atomic E-state index is 0.00356. The van der Waals surface area contributed by atoms with Crippen molar-refractivity contribution in [3.8, 4) is 22.3 Å². The number of benzene rings is 14. The molecule has 136 heavy (non-hydrogen) atoms. The van der Waals surface area contributed by atoms with E-state index in [1.54, 1.807) is 0 Å². The molecule has 0 amide bonds. The van der Waals surface area contributed by atoms with Gasteiger partial charge in [0.05, 0.1) is 27.8 Å². The number of anilines is 18. The summed E-state index contributed by atoms with van der Waals surface area (Å²) in [7, 11) is 0. The fraction of sp³-hybridized carbons (Fsp3) is 0.254. The Labute approximate surface area is 816 Å². The second kappa shape index (κ2) is 36.6. The van der Waals surface area contributed by atoms with Crippen molar-refractivity contribution in [3.05, 3.63) is 414 Å². The van der Waals surface area contributed by atoms with Gasteiger partial charge in [-0.05, 0) is 273 Å². The van der Waals surface area contributed by atoms with Gasteiger partial charge in [-0.3, -0.25) is 19.6 Å². The molecule has 0 unspecified atom stereocenters. The first-order valence-corrected chi connectivity index (χ1v) is 48.7. The van der Waals surface area contributed by atoms with Crippen LogP contribution in [0.1, 0.15) is 211 Å². The topological polar surface area (TPSA) is 45.2 Å². The van der Waals surface area contributed by atoms with E-state index >= 15 is 0 Å². The van der Waals surface area contributed by atoms with Crippen molar-refractivity contribution in [2.75, 3.05) is 29.4 Å². The lowest BCUT2D eigenvalue weighted by molar-refractivity contribution is 0.590. The van der Waals surface area contributed by atoms with Gasteiger partial charge in [-0.15, -0.1) is 0 Å². The molecule has 16 aromatic rings. The SMILES string of the molecule is CC(C)(C)c1ccc(N(c2ccc(C(C)(C)C)cc2)c2cccc(N(c3ccccc3)c3cccc(N(c4ccc(C(C)(C)C)cc4)c4ccc(C(C)(C)C)cc4-c4ccccc4)n3)c2Cl)cc1.CC(C)(C)c1ccc(N(c2ccc3c(n2)N(c2ccccc2)c2cccc4c2B3c2cc(C(C)(C)C)ccc2N4c2ccc(C(C)(C)C)cc2)c2ccc(C(C)(C)C)cc2-c2ccccc2)cc1. The van der Waals surface area contributed by atoms with Crippen molar-refractivity contribution in [1.82, 2.24) is 9.97 Å². The monoisotopic (exact) mass is 1800 g/mol. The highest BCUT2D eigenvalue weighted by molar-refractivity contribution is 7.00. The van der Waals surface area contributed by atoms with Crippen LogP contribution in [0.25, 0.3) is 22.3 Å². The zero-order valence-corrected chi connectivity index (χ0v) is 84.9. The van der Waals surface area contributed by atoms with Crippen LogP contribution < -0.4 is 45.8 Å². The predicted molar refractivity (Wildman–Crippen MR) is 587 cm³/mol. The van der Waals surface area contributed by atoms with Crippen LogP contribution in [-0.2, 0) is 43.3 Å².